The molecule has 96 valence electrons. The van der Waals surface area contributed by atoms with Crippen LogP contribution in [0.4, 0.5) is 0 Å². The lowest BCUT2D eigenvalue weighted by Crippen LogP contribution is -2.30. The van der Waals surface area contributed by atoms with Gasteiger partial charge in [0.1, 0.15) is 5.75 Å². The minimum atomic E-state index is 0.448. The molecule has 17 heavy (non-hydrogen) atoms. The van der Waals surface area contributed by atoms with Gasteiger partial charge in [-0.05, 0) is 45.1 Å². The van der Waals surface area contributed by atoms with Gasteiger partial charge < -0.3 is 10.5 Å². The van der Waals surface area contributed by atoms with Crippen LogP contribution in [0.25, 0.3) is 0 Å². The van der Waals surface area contributed by atoms with Crippen LogP contribution in [0.3, 0.4) is 0 Å². The molecule has 0 aromatic heterocycles. The van der Waals surface area contributed by atoms with E-state index in [-0.39, 0.29) is 0 Å². The van der Waals surface area contributed by atoms with Crippen molar-refractivity contribution in [2.45, 2.75) is 25.9 Å². The summed E-state index contributed by atoms with van der Waals surface area (Å²) in [6.07, 6.45) is 0.985. The molecule has 4 heteroatoms. The van der Waals surface area contributed by atoms with E-state index >= 15 is 0 Å². The van der Waals surface area contributed by atoms with Crippen LogP contribution in [-0.4, -0.2) is 31.6 Å². The van der Waals surface area contributed by atoms with E-state index in [9.17, 15) is 0 Å². The van der Waals surface area contributed by atoms with Gasteiger partial charge in [-0.2, -0.15) is 0 Å². The fourth-order valence-corrected chi connectivity index (χ4v) is 1.95. The van der Waals surface area contributed by atoms with E-state index in [1.165, 1.54) is 0 Å². The molecule has 0 aliphatic carbocycles. The number of ether oxygens (including phenoxy) is 1. The first-order valence-electron chi connectivity index (χ1n) is 5.81. The van der Waals surface area contributed by atoms with Crippen LogP contribution in [0.1, 0.15) is 18.9 Å². The standard InChI is InChI=1S/C13H21ClN2O/c1-10(6-7-15)16(2)9-11-8-12(14)4-5-13(11)17-3/h4-5,8,10H,6-7,9,15H2,1-3H3. The van der Waals surface area contributed by atoms with Gasteiger partial charge in [0.05, 0.1) is 7.11 Å². The van der Waals surface area contributed by atoms with Crippen LogP contribution >= 0.6 is 11.6 Å². The Balaban J connectivity index is 2.76. The molecule has 0 aliphatic rings. The third-order valence-electron chi connectivity index (χ3n) is 3.00. The fourth-order valence-electron chi connectivity index (χ4n) is 1.76. The number of hydrogen-bond donors (Lipinski definition) is 1. The van der Waals surface area contributed by atoms with Crippen molar-refractivity contribution < 1.29 is 4.74 Å². The van der Waals surface area contributed by atoms with Crippen LogP contribution in [0.2, 0.25) is 5.02 Å². The topological polar surface area (TPSA) is 38.5 Å². The van der Waals surface area contributed by atoms with E-state index < -0.39 is 0 Å². The highest BCUT2D eigenvalue weighted by atomic mass is 35.5. The smallest absolute Gasteiger partial charge is 0.123 e. The third kappa shape index (κ3) is 4.19. The first-order valence-corrected chi connectivity index (χ1v) is 6.19. The number of rotatable bonds is 6. The van der Waals surface area contributed by atoms with Crippen molar-refractivity contribution in [3.8, 4) is 5.75 Å². The Morgan fingerprint density at radius 2 is 2.18 bits per heavy atom. The van der Waals surface area contributed by atoms with Gasteiger partial charge in [0.25, 0.3) is 0 Å². The first-order chi connectivity index (χ1) is 8.08. The number of benzene rings is 1. The molecule has 0 radical (unpaired) electrons. The second-order valence-corrected chi connectivity index (χ2v) is 4.73. The minimum Gasteiger partial charge on any atom is -0.496 e. The van der Waals surface area contributed by atoms with Crippen molar-refractivity contribution in [2.75, 3.05) is 20.7 Å². The van der Waals surface area contributed by atoms with Crippen LogP contribution < -0.4 is 10.5 Å². The van der Waals surface area contributed by atoms with Crippen LogP contribution in [0.5, 0.6) is 5.75 Å². The Bertz CT molecular complexity index is 357. The molecule has 0 fully saturated rings. The maximum Gasteiger partial charge on any atom is 0.123 e. The Morgan fingerprint density at radius 1 is 1.47 bits per heavy atom. The van der Waals surface area contributed by atoms with Crippen LogP contribution in [0, 0.1) is 0 Å². The van der Waals surface area contributed by atoms with Crippen molar-refractivity contribution in [1.82, 2.24) is 4.90 Å². The molecule has 1 aromatic carbocycles. The van der Waals surface area contributed by atoms with E-state index in [0.717, 1.165) is 29.3 Å². The maximum absolute atomic E-state index is 6.00. The summed E-state index contributed by atoms with van der Waals surface area (Å²) < 4.78 is 5.33. The molecule has 0 heterocycles. The summed E-state index contributed by atoms with van der Waals surface area (Å²) in [4.78, 5) is 2.25. The van der Waals surface area contributed by atoms with Crippen molar-refractivity contribution in [2.24, 2.45) is 5.73 Å². The Kier molecular flexibility index (Phi) is 5.75. The number of nitrogens with zero attached hydrogens (tertiary/aromatic N) is 1. The zero-order valence-corrected chi connectivity index (χ0v) is 11.5. The molecular weight excluding hydrogens is 236 g/mol. The van der Waals surface area contributed by atoms with E-state index in [1.807, 2.05) is 18.2 Å². The van der Waals surface area contributed by atoms with E-state index in [1.54, 1.807) is 7.11 Å². The van der Waals surface area contributed by atoms with Crippen LogP contribution in [0.15, 0.2) is 18.2 Å². The average molecular weight is 257 g/mol. The molecule has 0 amide bonds. The molecular formula is C13H21ClN2O. The Labute approximate surface area is 109 Å². The number of hydrogen-bond acceptors (Lipinski definition) is 3. The highest BCUT2D eigenvalue weighted by Gasteiger charge is 2.12. The van der Waals surface area contributed by atoms with Gasteiger partial charge in [-0.1, -0.05) is 11.6 Å². The molecule has 1 aromatic rings. The zero-order valence-electron chi connectivity index (χ0n) is 10.7. The summed E-state index contributed by atoms with van der Waals surface area (Å²) in [5.74, 6) is 0.876. The molecule has 0 saturated carbocycles. The molecule has 0 saturated heterocycles. The zero-order chi connectivity index (χ0) is 12.8. The van der Waals surface area contributed by atoms with Gasteiger partial charge in [0.15, 0.2) is 0 Å². The van der Waals surface area contributed by atoms with E-state index in [2.05, 4.69) is 18.9 Å². The number of halogens is 1. The number of nitrogens with two attached hydrogens (primary N) is 1. The van der Waals surface area contributed by atoms with Gasteiger partial charge >= 0.3 is 0 Å². The first kappa shape index (κ1) is 14.3. The van der Waals surface area contributed by atoms with Crippen molar-refractivity contribution >= 4 is 11.6 Å². The maximum atomic E-state index is 6.00. The fraction of sp³-hybridized carbons (Fsp3) is 0.538. The van der Waals surface area contributed by atoms with Crippen molar-refractivity contribution in [1.29, 1.82) is 0 Å². The second kappa shape index (κ2) is 6.84. The lowest BCUT2D eigenvalue weighted by atomic mass is 10.1. The van der Waals surface area contributed by atoms with Crippen LogP contribution in [-0.2, 0) is 6.54 Å². The van der Waals surface area contributed by atoms with Gasteiger partial charge in [0.2, 0.25) is 0 Å². The molecule has 1 rings (SSSR count). The highest BCUT2D eigenvalue weighted by molar-refractivity contribution is 6.30. The average Bonchev–Trinajstić information content (AvgIpc) is 2.29. The largest absolute Gasteiger partial charge is 0.496 e. The molecule has 0 aliphatic heterocycles. The summed E-state index contributed by atoms with van der Waals surface area (Å²) >= 11 is 6.00. The molecule has 0 bridgehead atoms. The van der Waals surface area contributed by atoms with Gasteiger partial charge in [-0.25, -0.2) is 0 Å². The lowest BCUT2D eigenvalue weighted by molar-refractivity contribution is 0.237. The highest BCUT2D eigenvalue weighted by Crippen LogP contribution is 2.24. The Morgan fingerprint density at radius 3 is 2.76 bits per heavy atom. The summed E-state index contributed by atoms with van der Waals surface area (Å²) in [6.45, 7) is 3.69. The van der Waals surface area contributed by atoms with Crippen molar-refractivity contribution in [3.05, 3.63) is 28.8 Å². The number of methoxy groups -OCH3 is 1. The van der Waals surface area contributed by atoms with Gasteiger partial charge in [-0.15, -0.1) is 0 Å². The predicted molar refractivity (Wildman–Crippen MR) is 72.6 cm³/mol. The Hall–Kier alpha value is -0.770. The van der Waals surface area contributed by atoms with E-state index in [4.69, 9.17) is 22.1 Å². The molecule has 1 atom stereocenters. The normalized spacial score (nSPS) is 12.8. The lowest BCUT2D eigenvalue weighted by Gasteiger charge is -2.25. The quantitative estimate of drug-likeness (QED) is 0.850. The third-order valence-corrected chi connectivity index (χ3v) is 3.23. The molecule has 2 N–H and O–H groups in total. The van der Waals surface area contributed by atoms with Gasteiger partial charge in [0, 0.05) is 23.2 Å². The summed E-state index contributed by atoms with van der Waals surface area (Å²) in [5.41, 5.74) is 6.67. The summed E-state index contributed by atoms with van der Waals surface area (Å²) in [7, 11) is 3.76. The second-order valence-electron chi connectivity index (χ2n) is 4.30. The minimum absolute atomic E-state index is 0.448. The SMILES string of the molecule is COc1ccc(Cl)cc1CN(C)C(C)CCN. The van der Waals surface area contributed by atoms with Crippen molar-refractivity contribution in [3.63, 3.8) is 0 Å². The van der Waals surface area contributed by atoms with E-state index in [0.29, 0.717) is 12.6 Å². The summed E-state index contributed by atoms with van der Waals surface area (Å²) in [5, 5.41) is 0.737. The molecule has 3 nitrogen and oxygen atoms in total. The molecule has 1 unspecified atom stereocenters. The molecule has 0 spiro atoms. The predicted octanol–water partition coefficient (Wildman–Crippen LogP) is 2.52. The van der Waals surface area contributed by atoms with Gasteiger partial charge in [-0.3, -0.25) is 4.90 Å². The summed E-state index contributed by atoms with van der Waals surface area (Å²) in [6, 6.07) is 6.14. The monoisotopic (exact) mass is 256 g/mol.